The number of nitrogens with zero attached hydrogens (tertiary/aromatic N) is 1. The van der Waals surface area contributed by atoms with Crippen LogP contribution in [-0.4, -0.2) is 29.0 Å². The number of carbonyl (C=O) groups excluding carboxylic acids is 2. The van der Waals surface area contributed by atoms with Crippen molar-refractivity contribution in [3.63, 3.8) is 0 Å². The van der Waals surface area contributed by atoms with Gasteiger partial charge in [-0.3, -0.25) is 4.79 Å². The maximum atomic E-state index is 12.7. The quantitative estimate of drug-likeness (QED) is 0.802. The molecule has 1 aliphatic carbocycles. The van der Waals surface area contributed by atoms with Gasteiger partial charge < -0.3 is 10.1 Å². The highest BCUT2D eigenvalue weighted by atomic mass is 32.1. The van der Waals surface area contributed by atoms with Crippen LogP contribution in [0.4, 0.5) is 0 Å². The first-order chi connectivity index (χ1) is 12.5. The van der Waals surface area contributed by atoms with Crippen molar-refractivity contribution >= 4 is 23.2 Å². The van der Waals surface area contributed by atoms with Gasteiger partial charge in [0, 0.05) is 22.2 Å². The summed E-state index contributed by atoms with van der Waals surface area (Å²) in [6, 6.07) is 7.35. The number of thiazole rings is 1. The predicted molar refractivity (Wildman–Crippen MR) is 102 cm³/mol. The molecule has 1 fully saturated rings. The largest absolute Gasteiger partial charge is 0.464 e. The van der Waals surface area contributed by atoms with E-state index in [2.05, 4.69) is 10.3 Å². The third-order valence-electron chi connectivity index (χ3n) is 4.74. The summed E-state index contributed by atoms with van der Waals surface area (Å²) in [7, 11) is 0. The Hall–Kier alpha value is -2.21. The fraction of sp³-hybridized carbons (Fsp3) is 0.450. The van der Waals surface area contributed by atoms with Crippen molar-refractivity contribution in [3.05, 3.63) is 40.9 Å². The van der Waals surface area contributed by atoms with E-state index in [1.165, 1.54) is 0 Å². The zero-order chi connectivity index (χ0) is 18.6. The van der Waals surface area contributed by atoms with Gasteiger partial charge in [0.25, 0.3) is 5.91 Å². The molecule has 1 N–H and O–H groups in total. The number of benzene rings is 1. The molecule has 5 nitrogen and oxygen atoms in total. The molecular weight excluding hydrogens is 348 g/mol. The Morgan fingerprint density at radius 3 is 2.46 bits per heavy atom. The molecular formula is C20H24N2O3S. The number of aryl methyl sites for hydroxylation is 1. The maximum absolute atomic E-state index is 12.7. The van der Waals surface area contributed by atoms with Crippen molar-refractivity contribution in [2.45, 2.75) is 51.5 Å². The van der Waals surface area contributed by atoms with E-state index in [1.54, 1.807) is 30.4 Å². The van der Waals surface area contributed by atoms with Crippen LogP contribution in [0.3, 0.4) is 0 Å². The van der Waals surface area contributed by atoms with E-state index in [1.807, 2.05) is 24.4 Å². The minimum atomic E-state index is -0.892. The highest BCUT2D eigenvalue weighted by Crippen LogP contribution is 2.30. The number of aromatic nitrogens is 1. The standard InChI is InChI=1S/C20H24N2O3S/c1-3-25-19(24)20(11-5-4-6-12-20)22-17(23)15-7-9-16(10-8-15)18-21-14(2)13-26-18/h7-10,13H,3-6,11-12H2,1-2H3,(H,22,23). The number of esters is 1. The lowest BCUT2D eigenvalue weighted by atomic mass is 9.81. The van der Waals surface area contributed by atoms with Gasteiger partial charge in [-0.05, 0) is 38.8 Å². The van der Waals surface area contributed by atoms with Crippen molar-refractivity contribution in [1.82, 2.24) is 10.3 Å². The fourth-order valence-electron chi connectivity index (χ4n) is 3.34. The van der Waals surface area contributed by atoms with E-state index in [9.17, 15) is 9.59 Å². The van der Waals surface area contributed by atoms with Crippen LogP contribution >= 0.6 is 11.3 Å². The van der Waals surface area contributed by atoms with Crippen LogP contribution in [0.2, 0.25) is 0 Å². The van der Waals surface area contributed by atoms with E-state index in [4.69, 9.17) is 4.74 Å². The molecule has 1 saturated carbocycles. The molecule has 1 aromatic carbocycles. The first-order valence-corrected chi connectivity index (χ1v) is 9.94. The van der Waals surface area contributed by atoms with E-state index < -0.39 is 5.54 Å². The van der Waals surface area contributed by atoms with Crippen LogP contribution < -0.4 is 5.32 Å². The zero-order valence-electron chi connectivity index (χ0n) is 15.2. The highest BCUT2D eigenvalue weighted by molar-refractivity contribution is 7.13. The molecule has 0 radical (unpaired) electrons. The molecule has 26 heavy (non-hydrogen) atoms. The van der Waals surface area contributed by atoms with E-state index in [-0.39, 0.29) is 11.9 Å². The number of carbonyl (C=O) groups is 2. The Morgan fingerprint density at radius 1 is 1.19 bits per heavy atom. The molecule has 2 aromatic rings. The summed E-state index contributed by atoms with van der Waals surface area (Å²) in [6.45, 7) is 4.06. The molecule has 0 saturated heterocycles. The van der Waals surface area contributed by atoms with Crippen molar-refractivity contribution < 1.29 is 14.3 Å². The Labute approximate surface area is 157 Å². The Kier molecular flexibility index (Phi) is 5.71. The predicted octanol–water partition coefficient (Wildman–Crippen LogP) is 4.11. The molecule has 6 heteroatoms. The van der Waals surface area contributed by atoms with Crippen LogP contribution in [0.15, 0.2) is 29.6 Å². The normalized spacial score (nSPS) is 16.1. The summed E-state index contributed by atoms with van der Waals surface area (Å²) in [5.41, 5.74) is 1.62. The molecule has 0 spiro atoms. The zero-order valence-corrected chi connectivity index (χ0v) is 16.0. The number of amides is 1. The Balaban J connectivity index is 1.76. The summed E-state index contributed by atoms with van der Waals surface area (Å²) in [5.74, 6) is -0.551. The van der Waals surface area contributed by atoms with Gasteiger partial charge in [0.1, 0.15) is 10.5 Å². The molecule has 1 amide bonds. The minimum Gasteiger partial charge on any atom is -0.464 e. The highest BCUT2D eigenvalue weighted by Gasteiger charge is 2.42. The molecule has 1 aliphatic rings. The lowest BCUT2D eigenvalue weighted by molar-refractivity contribution is -0.152. The van der Waals surface area contributed by atoms with Crippen molar-refractivity contribution in [1.29, 1.82) is 0 Å². The molecule has 1 heterocycles. The van der Waals surface area contributed by atoms with Gasteiger partial charge in [-0.1, -0.05) is 31.4 Å². The summed E-state index contributed by atoms with van der Waals surface area (Å²) >= 11 is 1.58. The van der Waals surface area contributed by atoms with Crippen molar-refractivity contribution in [2.24, 2.45) is 0 Å². The van der Waals surface area contributed by atoms with Crippen molar-refractivity contribution in [2.75, 3.05) is 6.61 Å². The molecule has 138 valence electrons. The lowest BCUT2D eigenvalue weighted by Gasteiger charge is -2.35. The van der Waals surface area contributed by atoms with Gasteiger partial charge in [-0.2, -0.15) is 0 Å². The number of nitrogens with one attached hydrogen (secondary N) is 1. The Bertz CT molecular complexity index is 777. The average molecular weight is 372 g/mol. The van der Waals surface area contributed by atoms with Crippen LogP contribution in [0.25, 0.3) is 10.6 Å². The summed E-state index contributed by atoms with van der Waals surface area (Å²) in [5, 5.41) is 5.91. The van der Waals surface area contributed by atoms with Gasteiger partial charge in [-0.25, -0.2) is 9.78 Å². The van der Waals surface area contributed by atoms with Crippen LogP contribution in [0, 0.1) is 6.92 Å². The number of hydrogen-bond donors (Lipinski definition) is 1. The van der Waals surface area contributed by atoms with Gasteiger partial charge in [0.2, 0.25) is 0 Å². The fourth-order valence-corrected chi connectivity index (χ4v) is 4.15. The molecule has 0 atom stereocenters. The monoisotopic (exact) mass is 372 g/mol. The number of rotatable bonds is 5. The van der Waals surface area contributed by atoms with E-state index in [0.717, 1.165) is 35.5 Å². The van der Waals surface area contributed by atoms with Gasteiger partial charge in [-0.15, -0.1) is 11.3 Å². The molecule has 3 rings (SSSR count). The molecule has 0 bridgehead atoms. The van der Waals surface area contributed by atoms with Gasteiger partial charge in [0.15, 0.2) is 0 Å². The SMILES string of the molecule is CCOC(=O)C1(NC(=O)c2ccc(-c3nc(C)cs3)cc2)CCCCC1. The van der Waals surface area contributed by atoms with Crippen molar-refractivity contribution in [3.8, 4) is 10.6 Å². The third-order valence-corrected chi connectivity index (χ3v) is 5.75. The topological polar surface area (TPSA) is 68.3 Å². The average Bonchev–Trinajstić information content (AvgIpc) is 3.09. The number of hydrogen-bond acceptors (Lipinski definition) is 5. The van der Waals surface area contributed by atoms with Gasteiger partial charge in [0.05, 0.1) is 6.61 Å². The van der Waals surface area contributed by atoms with Crippen LogP contribution in [-0.2, 0) is 9.53 Å². The second kappa shape index (κ2) is 7.99. The van der Waals surface area contributed by atoms with Crippen LogP contribution in [0.1, 0.15) is 55.1 Å². The lowest BCUT2D eigenvalue weighted by Crippen LogP contribution is -2.56. The molecule has 1 aromatic heterocycles. The van der Waals surface area contributed by atoms with Crippen LogP contribution in [0.5, 0.6) is 0 Å². The summed E-state index contributed by atoms with van der Waals surface area (Å²) in [4.78, 5) is 29.7. The second-order valence-electron chi connectivity index (χ2n) is 6.69. The first kappa shape index (κ1) is 18.6. The van der Waals surface area contributed by atoms with E-state index in [0.29, 0.717) is 25.0 Å². The summed E-state index contributed by atoms with van der Waals surface area (Å²) in [6.07, 6.45) is 4.18. The summed E-state index contributed by atoms with van der Waals surface area (Å²) < 4.78 is 5.24. The molecule has 0 unspecified atom stereocenters. The van der Waals surface area contributed by atoms with E-state index >= 15 is 0 Å². The number of ether oxygens (including phenoxy) is 1. The Morgan fingerprint density at radius 2 is 1.88 bits per heavy atom. The van der Waals surface area contributed by atoms with Gasteiger partial charge >= 0.3 is 5.97 Å². The maximum Gasteiger partial charge on any atom is 0.331 e. The smallest absolute Gasteiger partial charge is 0.331 e. The minimum absolute atomic E-state index is 0.234. The second-order valence-corrected chi connectivity index (χ2v) is 7.55. The first-order valence-electron chi connectivity index (χ1n) is 9.06. The molecule has 0 aliphatic heterocycles. The third kappa shape index (κ3) is 3.96.